The van der Waals surface area contributed by atoms with E-state index in [2.05, 4.69) is 47.4 Å². The molecular formula is C29H37NNaO5P. The Balaban J connectivity index is 0.00000380. The SMILES string of the molecule is CP(=O)([O-])CCC/C=C\C[C@H]1C(OCc2ccc(-c3ccccc3)cc2)CC(=O)C1N1CCOCC1.[Na+]. The van der Waals surface area contributed by atoms with Gasteiger partial charge in [-0.15, -0.1) is 0 Å². The first-order valence-electron chi connectivity index (χ1n) is 12.9. The quantitative estimate of drug-likeness (QED) is 0.189. The molecule has 1 aliphatic heterocycles. The molecule has 0 aromatic heterocycles. The molecule has 2 aromatic rings. The molecule has 4 rings (SSSR count). The number of allylic oxidation sites excluding steroid dienone is 2. The Morgan fingerprint density at radius 2 is 1.73 bits per heavy atom. The van der Waals surface area contributed by atoms with Crippen LogP contribution in [0.4, 0.5) is 0 Å². The number of hydrogen-bond donors (Lipinski definition) is 0. The summed E-state index contributed by atoms with van der Waals surface area (Å²) in [6, 6.07) is 18.5. The zero-order valence-corrected chi connectivity index (χ0v) is 25.0. The summed E-state index contributed by atoms with van der Waals surface area (Å²) in [6.07, 6.45) is 6.77. The third-order valence-corrected chi connectivity index (χ3v) is 8.22. The molecule has 0 N–H and O–H groups in total. The van der Waals surface area contributed by atoms with Crippen LogP contribution in [-0.4, -0.2) is 62.0 Å². The molecule has 1 saturated heterocycles. The van der Waals surface area contributed by atoms with Crippen molar-refractivity contribution in [3.05, 3.63) is 72.3 Å². The number of hydrogen-bond acceptors (Lipinski definition) is 6. The molecule has 8 heteroatoms. The first-order chi connectivity index (χ1) is 17.4. The van der Waals surface area contributed by atoms with Crippen LogP contribution in [0.15, 0.2) is 66.7 Å². The van der Waals surface area contributed by atoms with Crippen molar-refractivity contribution in [3.63, 3.8) is 0 Å². The van der Waals surface area contributed by atoms with Crippen molar-refractivity contribution in [2.45, 2.75) is 44.4 Å². The minimum Gasteiger partial charge on any atom is -0.799 e. The van der Waals surface area contributed by atoms with E-state index < -0.39 is 7.37 Å². The fourth-order valence-corrected chi connectivity index (χ4v) is 5.96. The molecule has 6 nitrogen and oxygen atoms in total. The number of ketones is 1. The number of morpholine rings is 1. The molecular weight excluding hydrogens is 496 g/mol. The van der Waals surface area contributed by atoms with E-state index in [0.29, 0.717) is 32.7 Å². The van der Waals surface area contributed by atoms with Gasteiger partial charge in [0, 0.05) is 32.8 Å². The van der Waals surface area contributed by atoms with Gasteiger partial charge in [0.2, 0.25) is 0 Å². The van der Waals surface area contributed by atoms with Crippen LogP contribution in [0, 0.1) is 5.92 Å². The van der Waals surface area contributed by atoms with Crippen LogP contribution in [0.25, 0.3) is 11.1 Å². The summed E-state index contributed by atoms with van der Waals surface area (Å²) in [4.78, 5) is 26.7. The average Bonchev–Trinajstić information content (AvgIpc) is 3.20. The molecule has 2 aliphatic rings. The summed E-state index contributed by atoms with van der Waals surface area (Å²) in [5.74, 6) is 0.324. The van der Waals surface area contributed by atoms with Crippen LogP contribution in [-0.2, 0) is 25.4 Å². The number of rotatable bonds is 11. The van der Waals surface area contributed by atoms with Gasteiger partial charge in [-0.3, -0.25) is 9.69 Å². The van der Waals surface area contributed by atoms with Crippen molar-refractivity contribution in [3.8, 4) is 11.1 Å². The normalized spacial score (nSPS) is 24.2. The van der Waals surface area contributed by atoms with Crippen molar-refractivity contribution in [2.75, 3.05) is 39.1 Å². The zero-order valence-electron chi connectivity index (χ0n) is 22.1. The van der Waals surface area contributed by atoms with E-state index in [4.69, 9.17) is 9.47 Å². The van der Waals surface area contributed by atoms with Crippen LogP contribution < -0.4 is 34.5 Å². The topological polar surface area (TPSA) is 78.9 Å². The van der Waals surface area contributed by atoms with Crippen LogP contribution in [0.1, 0.15) is 31.2 Å². The van der Waals surface area contributed by atoms with Gasteiger partial charge in [-0.25, -0.2) is 0 Å². The third-order valence-electron chi connectivity index (χ3n) is 7.09. The second-order valence-electron chi connectivity index (χ2n) is 9.93. The number of Topliss-reactive ketones (excluding diaryl/α,β-unsaturated/α-hetero) is 1. The van der Waals surface area contributed by atoms with E-state index in [1.807, 2.05) is 24.3 Å². The van der Waals surface area contributed by atoms with Gasteiger partial charge in [-0.2, -0.15) is 0 Å². The predicted molar refractivity (Wildman–Crippen MR) is 141 cm³/mol. The Labute approximate surface area is 243 Å². The first kappa shape index (κ1) is 30.5. The molecule has 4 atom stereocenters. The molecule has 1 heterocycles. The monoisotopic (exact) mass is 533 g/mol. The molecule has 0 spiro atoms. The van der Waals surface area contributed by atoms with E-state index in [-0.39, 0.29) is 59.6 Å². The minimum absolute atomic E-state index is 0. The largest absolute Gasteiger partial charge is 1.00 e. The molecule has 37 heavy (non-hydrogen) atoms. The molecule has 3 unspecified atom stereocenters. The van der Waals surface area contributed by atoms with E-state index in [1.54, 1.807) is 0 Å². The van der Waals surface area contributed by atoms with Gasteiger partial charge in [0.1, 0.15) is 0 Å². The molecule has 1 aliphatic carbocycles. The van der Waals surface area contributed by atoms with Gasteiger partial charge in [0.15, 0.2) is 5.78 Å². The predicted octanol–water partition coefficient (Wildman–Crippen LogP) is 1.53. The molecule has 0 radical (unpaired) electrons. The maximum atomic E-state index is 13.1. The number of benzene rings is 2. The fourth-order valence-electron chi connectivity index (χ4n) is 5.20. The van der Waals surface area contributed by atoms with Crippen LogP contribution in [0.2, 0.25) is 0 Å². The van der Waals surface area contributed by atoms with E-state index in [1.165, 1.54) is 17.8 Å². The van der Waals surface area contributed by atoms with Gasteiger partial charge >= 0.3 is 29.6 Å². The van der Waals surface area contributed by atoms with Crippen LogP contribution >= 0.6 is 7.37 Å². The number of unbranched alkanes of at least 4 members (excludes halogenated alkanes) is 1. The number of carbonyl (C=O) groups is 1. The first-order valence-corrected chi connectivity index (χ1v) is 15.2. The molecule has 2 aromatic carbocycles. The summed E-state index contributed by atoms with van der Waals surface area (Å²) < 4.78 is 23.3. The smallest absolute Gasteiger partial charge is 0.799 e. The number of nitrogens with zero attached hydrogens (tertiary/aromatic N) is 1. The molecule has 194 valence electrons. The maximum Gasteiger partial charge on any atom is 1.00 e. The summed E-state index contributed by atoms with van der Waals surface area (Å²) >= 11 is 0. The molecule has 2 fully saturated rings. The van der Waals surface area contributed by atoms with Crippen molar-refractivity contribution in [1.82, 2.24) is 4.90 Å². The standard InChI is InChI=1S/C29H38NO5P.Na/c1-36(32,33)20-8-3-2-7-11-26-28(21-27(31)29(26)30-16-18-34-19-17-30)35-22-23-12-14-25(15-13-23)24-9-5-4-6-10-24;/h2,4-7,9-10,12-15,26,28-29H,3,8,11,16-22H2,1H3,(H,32,33);/q;+1/p-1/b7-2-;/t26-,28?,29?;/m0./s1. The van der Waals surface area contributed by atoms with E-state index in [9.17, 15) is 14.3 Å². The minimum atomic E-state index is -3.21. The Bertz CT molecular complexity index is 1050. The second-order valence-corrected chi connectivity index (χ2v) is 12.4. The molecule has 0 amide bonds. The van der Waals surface area contributed by atoms with Crippen LogP contribution in [0.5, 0.6) is 0 Å². The summed E-state index contributed by atoms with van der Waals surface area (Å²) in [6.45, 7) is 4.60. The maximum absolute atomic E-state index is 13.1. The Hall–Kier alpha value is -1.08. The van der Waals surface area contributed by atoms with Gasteiger partial charge in [0.25, 0.3) is 0 Å². The van der Waals surface area contributed by atoms with E-state index in [0.717, 1.165) is 31.5 Å². The third kappa shape index (κ3) is 9.26. The number of carbonyl (C=O) groups excluding carboxylic acids is 1. The average molecular weight is 534 g/mol. The van der Waals surface area contributed by atoms with Gasteiger partial charge in [-0.1, -0.05) is 66.7 Å². The second kappa shape index (κ2) is 14.9. The van der Waals surface area contributed by atoms with Crippen molar-refractivity contribution in [1.29, 1.82) is 0 Å². The van der Waals surface area contributed by atoms with Crippen LogP contribution in [0.3, 0.4) is 0 Å². The number of ether oxygens (including phenoxy) is 2. The molecule has 1 saturated carbocycles. The van der Waals surface area contributed by atoms with Crippen molar-refractivity contribution < 1.29 is 53.3 Å². The Morgan fingerprint density at radius 1 is 1.05 bits per heavy atom. The van der Waals surface area contributed by atoms with Crippen molar-refractivity contribution in [2.24, 2.45) is 5.92 Å². The Morgan fingerprint density at radius 3 is 2.41 bits per heavy atom. The van der Waals surface area contributed by atoms with E-state index >= 15 is 0 Å². The summed E-state index contributed by atoms with van der Waals surface area (Å²) in [5, 5.41) is 0. The fraction of sp³-hybridized carbons (Fsp3) is 0.483. The summed E-state index contributed by atoms with van der Waals surface area (Å²) in [7, 11) is -3.21. The van der Waals surface area contributed by atoms with Crippen molar-refractivity contribution >= 4 is 13.2 Å². The van der Waals surface area contributed by atoms with Gasteiger partial charge in [-0.05, 0) is 48.8 Å². The zero-order chi connectivity index (χ0) is 25.4. The van der Waals surface area contributed by atoms with Gasteiger partial charge in [0.05, 0.1) is 32.0 Å². The Kier molecular flexibility index (Phi) is 12.3. The molecule has 0 bridgehead atoms. The summed E-state index contributed by atoms with van der Waals surface area (Å²) in [5.41, 5.74) is 3.44. The van der Waals surface area contributed by atoms with Gasteiger partial charge < -0.3 is 18.9 Å².